The third-order valence-corrected chi connectivity index (χ3v) is 6.72. The molecule has 1 fully saturated rings. The van der Waals surface area contributed by atoms with E-state index in [4.69, 9.17) is 9.47 Å². The van der Waals surface area contributed by atoms with E-state index in [0.29, 0.717) is 18.8 Å². The van der Waals surface area contributed by atoms with Crippen molar-refractivity contribution in [3.8, 4) is 5.75 Å². The molecular weight excluding hydrogens is 396 g/mol. The molecule has 29 heavy (non-hydrogen) atoms. The predicted molar refractivity (Wildman–Crippen MR) is 106 cm³/mol. The van der Waals surface area contributed by atoms with Gasteiger partial charge in [-0.15, -0.1) is 0 Å². The summed E-state index contributed by atoms with van der Waals surface area (Å²) in [5.74, 6) is -1.04. The van der Waals surface area contributed by atoms with Crippen molar-refractivity contribution >= 4 is 21.8 Å². The Morgan fingerprint density at radius 3 is 2.45 bits per heavy atom. The zero-order valence-electron chi connectivity index (χ0n) is 16.2. The van der Waals surface area contributed by atoms with Gasteiger partial charge < -0.3 is 14.5 Å². The fourth-order valence-corrected chi connectivity index (χ4v) is 4.77. The van der Waals surface area contributed by atoms with Gasteiger partial charge in [-0.05, 0) is 43.2 Å². The van der Waals surface area contributed by atoms with E-state index in [0.717, 1.165) is 25.7 Å². The molecule has 0 atom stereocenters. The van der Waals surface area contributed by atoms with Gasteiger partial charge in [0.2, 0.25) is 15.8 Å². The summed E-state index contributed by atoms with van der Waals surface area (Å²) in [7, 11) is -2.36. The Morgan fingerprint density at radius 2 is 1.83 bits per heavy atom. The van der Waals surface area contributed by atoms with Gasteiger partial charge in [0, 0.05) is 19.3 Å². The normalized spacial score (nSPS) is 15.5. The molecule has 1 N–H and O–H groups in total. The lowest BCUT2D eigenvalue weighted by Gasteiger charge is -2.20. The van der Waals surface area contributed by atoms with E-state index in [1.54, 1.807) is 18.3 Å². The Kier molecular flexibility index (Phi) is 6.71. The Hall–Kier alpha value is -2.65. The highest BCUT2D eigenvalue weighted by atomic mass is 32.2. The van der Waals surface area contributed by atoms with Crippen LogP contribution in [0.3, 0.4) is 0 Å². The molecule has 1 aliphatic rings. The summed E-state index contributed by atoms with van der Waals surface area (Å²) in [6.45, 7) is 0.448. The van der Waals surface area contributed by atoms with E-state index < -0.39 is 28.4 Å². The quantitative estimate of drug-likeness (QED) is 0.545. The molecule has 1 aromatic heterocycles. The number of ether oxygens (including phenoxy) is 2. The van der Waals surface area contributed by atoms with Crippen molar-refractivity contribution in [3.63, 3.8) is 0 Å². The minimum absolute atomic E-state index is 0.00263. The molecule has 0 unspecified atom stereocenters. The first-order valence-electron chi connectivity index (χ1n) is 9.45. The molecule has 0 amide bonds. The molecule has 0 aliphatic carbocycles. The monoisotopic (exact) mass is 420 g/mol. The van der Waals surface area contributed by atoms with E-state index in [1.165, 1.54) is 29.6 Å². The average Bonchev–Trinajstić information content (AvgIpc) is 3.13. The summed E-state index contributed by atoms with van der Waals surface area (Å²) in [4.78, 5) is 27.3. The first-order valence-corrected chi connectivity index (χ1v) is 10.9. The van der Waals surface area contributed by atoms with Gasteiger partial charge >= 0.3 is 5.97 Å². The van der Waals surface area contributed by atoms with Gasteiger partial charge in [0.15, 0.2) is 6.61 Å². The van der Waals surface area contributed by atoms with Crippen LogP contribution in [0.5, 0.6) is 5.75 Å². The predicted octanol–water partition coefficient (Wildman–Crippen LogP) is 2.63. The van der Waals surface area contributed by atoms with Crippen molar-refractivity contribution in [2.75, 3.05) is 26.8 Å². The number of Topliss-reactive ketones (excluding diaryl/α,β-unsaturated/α-hetero) is 1. The van der Waals surface area contributed by atoms with Crippen LogP contribution >= 0.6 is 0 Å². The number of aromatic amines is 1. The van der Waals surface area contributed by atoms with E-state index in [2.05, 4.69) is 4.98 Å². The topological polar surface area (TPSA) is 106 Å². The second-order valence-electron chi connectivity index (χ2n) is 6.76. The molecule has 156 valence electrons. The van der Waals surface area contributed by atoms with Gasteiger partial charge in [-0.1, -0.05) is 12.8 Å². The summed E-state index contributed by atoms with van der Waals surface area (Å²) < 4.78 is 37.7. The zero-order valence-corrected chi connectivity index (χ0v) is 17.0. The van der Waals surface area contributed by atoms with Crippen LogP contribution in [0.25, 0.3) is 0 Å². The van der Waals surface area contributed by atoms with Crippen LogP contribution in [0.2, 0.25) is 0 Å². The molecular formula is C20H24N2O6S. The first-order chi connectivity index (χ1) is 13.9. The smallest absolute Gasteiger partial charge is 0.342 e. The highest BCUT2D eigenvalue weighted by molar-refractivity contribution is 7.89. The Balaban J connectivity index is 1.80. The van der Waals surface area contributed by atoms with Crippen molar-refractivity contribution in [2.45, 2.75) is 30.6 Å². The van der Waals surface area contributed by atoms with Crippen LogP contribution < -0.4 is 4.74 Å². The molecule has 0 radical (unpaired) electrons. The number of hydrogen-bond acceptors (Lipinski definition) is 6. The molecule has 2 heterocycles. The largest absolute Gasteiger partial charge is 0.496 e. The molecule has 8 nitrogen and oxygen atoms in total. The van der Waals surface area contributed by atoms with Gasteiger partial charge in [0.1, 0.15) is 11.3 Å². The number of esters is 1. The van der Waals surface area contributed by atoms with Crippen LogP contribution in [0, 0.1) is 0 Å². The van der Waals surface area contributed by atoms with Crippen molar-refractivity contribution in [2.24, 2.45) is 0 Å². The van der Waals surface area contributed by atoms with Crippen LogP contribution in [-0.2, 0) is 14.8 Å². The first kappa shape index (κ1) is 21.1. The maximum Gasteiger partial charge on any atom is 0.342 e. The summed E-state index contributed by atoms with van der Waals surface area (Å²) >= 11 is 0. The third kappa shape index (κ3) is 4.86. The number of hydrogen-bond donors (Lipinski definition) is 1. The van der Waals surface area contributed by atoms with Crippen LogP contribution in [0.15, 0.2) is 41.4 Å². The summed E-state index contributed by atoms with van der Waals surface area (Å²) in [5, 5.41) is 0. The van der Waals surface area contributed by atoms with E-state index in [-0.39, 0.29) is 16.2 Å². The van der Waals surface area contributed by atoms with Gasteiger partial charge in [-0.3, -0.25) is 4.79 Å². The number of H-pyrrole nitrogens is 1. The van der Waals surface area contributed by atoms with Gasteiger partial charge in [0.05, 0.1) is 17.7 Å². The van der Waals surface area contributed by atoms with Crippen molar-refractivity contribution in [3.05, 3.63) is 47.8 Å². The number of nitrogens with one attached hydrogen (secondary N) is 1. The second kappa shape index (κ2) is 9.23. The number of aromatic nitrogens is 1. The molecule has 2 aromatic rings. The SMILES string of the molecule is COc1ccc(S(=O)(=O)N2CCCCCC2)cc1C(=O)OCC(=O)c1ccc[nH]1. The maximum atomic E-state index is 13.0. The van der Waals surface area contributed by atoms with Crippen LogP contribution in [0.4, 0.5) is 0 Å². The van der Waals surface area contributed by atoms with Crippen LogP contribution in [-0.4, -0.2) is 56.3 Å². The fourth-order valence-electron chi connectivity index (χ4n) is 3.23. The molecule has 9 heteroatoms. The van der Waals surface area contributed by atoms with Crippen molar-refractivity contribution < 1.29 is 27.5 Å². The molecule has 0 bridgehead atoms. The Morgan fingerprint density at radius 1 is 1.10 bits per heavy atom. The minimum Gasteiger partial charge on any atom is -0.496 e. The van der Waals surface area contributed by atoms with Gasteiger partial charge in [0.25, 0.3) is 0 Å². The number of sulfonamides is 1. The summed E-state index contributed by atoms with van der Waals surface area (Å²) in [6, 6.07) is 7.33. The molecule has 1 aromatic carbocycles. The number of methoxy groups -OCH3 is 1. The molecule has 1 saturated heterocycles. The van der Waals surface area contributed by atoms with Crippen molar-refractivity contribution in [1.82, 2.24) is 9.29 Å². The Labute approximate surface area is 169 Å². The highest BCUT2D eigenvalue weighted by Crippen LogP contribution is 2.26. The lowest BCUT2D eigenvalue weighted by atomic mass is 10.2. The lowest BCUT2D eigenvalue weighted by Crippen LogP contribution is -2.32. The fraction of sp³-hybridized carbons (Fsp3) is 0.400. The zero-order chi connectivity index (χ0) is 20.9. The van der Waals surface area contributed by atoms with Crippen LogP contribution in [0.1, 0.15) is 46.5 Å². The second-order valence-corrected chi connectivity index (χ2v) is 8.70. The number of nitrogens with zero attached hydrogens (tertiary/aromatic N) is 1. The maximum absolute atomic E-state index is 13.0. The summed E-state index contributed by atoms with van der Waals surface area (Å²) in [6.07, 6.45) is 5.22. The summed E-state index contributed by atoms with van der Waals surface area (Å²) in [5.41, 5.74) is 0.282. The lowest BCUT2D eigenvalue weighted by molar-refractivity contribution is 0.0470. The minimum atomic E-state index is -3.74. The molecule has 3 rings (SSSR count). The number of carbonyl (C=O) groups is 2. The highest BCUT2D eigenvalue weighted by Gasteiger charge is 2.27. The van der Waals surface area contributed by atoms with E-state index in [9.17, 15) is 18.0 Å². The van der Waals surface area contributed by atoms with Gasteiger partial charge in [-0.25, -0.2) is 13.2 Å². The standard InChI is InChI=1S/C20H24N2O6S/c1-27-19-9-8-15(29(25,26)22-11-4-2-3-5-12-22)13-16(19)20(24)28-14-18(23)17-7-6-10-21-17/h6-10,13,21H,2-5,11-12,14H2,1H3. The number of ketones is 1. The van der Waals surface area contributed by atoms with Gasteiger partial charge in [-0.2, -0.15) is 4.31 Å². The average molecular weight is 420 g/mol. The van der Waals surface area contributed by atoms with Crippen molar-refractivity contribution in [1.29, 1.82) is 0 Å². The molecule has 0 saturated carbocycles. The molecule has 1 aliphatic heterocycles. The number of benzene rings is 1. The Bertz CT molecular complexity index is 961. The third-order valence-electron chi connectivity index (χ3n) is 4.83. The molecule has 0 spiro atoms. The van der Waals surface area contributed by atoms with E-state index in [1.807, 2.05) is 0 Å². The number of carbonyl (C=O) groups excluding carboxylic acids is 2. The number of rotatable bonds is 7. The van der Waals surface area contributed by atoms with E-state index >= 15 is 0 Å².